The number of halogens is 3. The van der Waals surface area contributed by atoms with E-state index in [4.69, 9.17) is 15.2 Å². The van der Waals surface area contributed by atoms with Gasteiger partial charge < -0.3 is 15.2 Å². The van der Waals surface area contributed by atoms with Crippen molar-refractivity contribution in [3.63, 3.8) is 0 Å². The Labute approximate surface area is 178 Å². The van der Waals surface area contributed by atoms with Gasteiger partial charge in [-0.1, -0.05) is 6.07 Å². The van der Waals surface area contributed by atoms with Crippen molar-refractivity contribution >= 4 is 34.9 Å². The molecule has 3 N–H and O–H groups in total. The Bertz CT molecular complexity index is 1100. The summed E-state index contributed by atoms with van der Waals surface area (Å²) in [6, 6.07) is 7.07. The topological polar surface area (TPSA) is 108 Å². The summed E-state index contributed by atoms with van der Waals surface area (Å²) >= 11 is 0.730. The fourth-order valence-corrected chi connectivity index (χ4v) is 3.33. The third-order valence-corrected chi connectivity index (χ3v) is 4.81. The highest BCUT2D eigenvalue weighted by atomic mass is 32.2. The molecule has 0 radical (unpaired) electrons. The van der Waals surface area contributed by atoms with Crippen molar-refractivity contribution in [2.75, 3.05) is 6.61 Å². The van der Waals surface area contributed by atoms with Crippen LogP contribution in [-0.4, -0.2) is 23.7 Å². The summed E-state index contributed by atoms with van der Waals surface area (Å²) in [7, 11) is 0. The zero-order chi connectivity index (χ0) is 22.8. The first-order valence-electron chi connectivity index (χ1n) is 8.79. The Morgan fingerprint density at radius 2 is 1.84 bits per heavy atom. The minimum Gasteiger partial charge on any atom is -0.490 e. The van der Waals surface area contributed by atoms with E-state index in [0.717, 1.165) is 23.9 Å². The van der Waals surface area contributed by atoms with Crippen molar-refractivity contribution in [1.29, 1.82) is 0 Å². The molecule has 3 amide bonds. The zero-order valence-electron chi connectivity index (χ0n) is 15.9. The molecule has 1 aliphatic heterocycles. The predicted octanol–water partition coefficient (Wildman–Crippen LogP) is 4.32. The minimum atomic E-state index is -4.80. The lowest BCUT2D eigenvalue weighted by molar-refractivity contribution is -0.138. The summed E-state index contributed by atoms with van der Waals surface area (Å²) in [5.41, 5.74) is 4.06. The van der Waals surface area contributed by atoms with Crippen LogP contribution in [0.4, 0.5) is 18.0 Å². The van der Waals surface area contributed by atoms with Gasteiger partial charge in [0.05, 0.1) is 17.1 Å². The molecule has 7 nitrogen and oxygen atoms in total. The summed E-state index contributed by atoms with van der Waals surface area (Å²) < 4.78 is 51.3. The lowest BCUT2D eigenvalue weighted by atomic mass is 10.1. The largest absolute Gasteiger partial charge is 0.490 e. The molecule has 0 aromatic heterocycles. The van der Waals surface area contributed by atoms with E-state index in [9.17, 15) is 27.6 Å². The van der Waals surface area contributed by atoms with Gasteiger partial charge in [0.15, 0.2) is 11.5 Å². The van der Waals surface area contributed by atoms with Crippen molar-refractivity contribution in [3.8, 4) is 17.2 Å². The first-order valence-corrected chi connectivity index (χ1v) is 9.60. The molecule has 1 saturated heterocycles. The number of rotatable bonds is 6. The van der Waals surface area contributed by atoms with Crippen molar-refractivity contribution in [2.45, 2.75) is 13.1 Å². The van der Waals surface area contributed by atoms with E-state index in [0.29, 0.717) is 11.6 Å². The van der Waals surface area contributed by atoms with Gasteiger partial charge in [-0.3, -0.25) is 19.7 Å². The minimum absolute atomic E-state index is 0.0130. The van der Waals surface area contributed by atoms with Gasteiger partial charge in [0.2, 0.25) is 5.91 Å². The monoisotopic (exact) mass is 452 g/mol. The lowest BCUT2D eigenvalue weighted by Gasteiger charge is -2.17. The molecular formula is C20H15F3N2O5S. The smallest absolute Gasteiger partial charge is 0.420 e. The molecule has 0 spiro atoms. The van der Waals surface area contributed by atoms with Crippen LogP contribution < -0.4 is 20.5 Å². The average molecular weight is 452 g/mol. The number of ether oxygens (including phenoxy) is 2. The highest BCUT2D eigenvalue weighted by Crippen LogP contribution is 2.41. The van der Waals surface area contributed by atoms with Gasteiger partial charge >= 0.3 is 6.18 Å². The lowest BCUT2D eigenvalue weighted by Crippen LogP contribution is -2.17. The first-order chi connectivity index (χ1) is 14.6. The van der Waals surface area contributed by atoms with E-state index in [1.165, 1.54) is 24.3 Å². The van der Waals surface area contributed by atoms with Gasteiger partial charge in [-0.05, 0) is 60.7 Å². The van der Waals surface area contributed by atoms with Crippen molar-refractivity contribution < 1.29 is 37.0 Å². The molecule has 162 valence electrons. The van der Waals surface area contributed by atoms with Crippen LogP contribution in [0.5, 0.6) is 17.2 Å². The van der Waals surface area contributed by atoms with Gasteiger partial charge in [-0.2, -0.15) is 13.2 Å². The number of carbonyl (C=O) groups is 3. The number of nitrogens with one attached hydrogen (secondary N) is 1. The third-order valence-electron chi connectivity index (χ3n) is 4.00. The Balaban J connectivity index is 1.98. The summed E-state index contributed by atoms with van der Waals surface area (Å²) in [6.45, 7) is 1.87. The quantitative estimate of drug-likeness (QED) is 0.632. The molecule has 0 atom stereocenters. The van der Waals surface area contributed by atoms with Gasteiger partial charge in [-0.15, -0.1) is 0 Å². The second kappa shape index (κ2) is 8.72. The molecule has 0 unspecified atom stereocenters. The molecule has 1 aliphatic rings. The molecular weight excluding hydrogens is 437 g/mol. The molecule has 0 bridgehead atoms. The normalized spacial score (nSPS) is 15.2. The maximum absolute atomic E-state index is 13.5. The number of alkyl halides is 3. The number of benzene rings is 2. The molecule has 1 heterocycles. The third kappa shape index (κ3) is 5.18. The number of primary amides is 1. The molecule has 3 rings (SSSR count). The van der Waals surface area contributed by atoms with Gasteiger partial charge in [-0.25, -0.2) is 0 Å². The number of carbonyl (C=O) groups excluding carboxylic acids is 3. The zero-order valence-corrected chi connectivity index (χ0v) is 16.7. The molecule has 2 aromatic rings. The number of amides is 3. The second-order valence-corrected chi connectivity index (χ2v) is 7.18. The second-order valence-electron chi connectivity index (χ2n) is 6.17. The standard InChI is InChI=1S/C20H15F3N2O5S/c1-2-29-15-7-10(8-16-18(27)25-19(28)31-16)3-5-14(15)30-13-6-4-11(17(24)26)9-12(13)20(21,22)23/h3-9H,2H2,1H3,(H2,24,26)(H,25,27,28). The maximum Gasteiger partial charge on any atom is 0.420 e. The number of hydrogen-bond acceptors (Lipinski definition) is 6. The maximum atomic E-state index is 13.5. The first kappa shape index (κ1) is 22.2. The van der Waals surface area contributed by atoms with Crippen LogP contribution in [0.2, 0.25) is 0 Å². The van der Waals surface area contributed by atoms with Gasteiger partial charge in [0.1, 0.15) is 5.75 Å². The van der Waals surface area contributed by atoms with Crippen LogP contribution in [-0.2, 0) is 11.0 Å². The van der Waals surface area contributed by atoms with E-state index in [2.05, 4.69) is 5.32 Å². The van der Waals surface area contributed by atoms with Crippen molar-refractivity contribution in [3.05, 3.63) is 58.0 Å². The van der Waals surface area contributed by atoms with E-state index >= 15 is 0 Å². The van der Waals surface area contributed by atoms with E-state index < -0.39 is 34.5 Å². The van der Waals surface area contributed by atoms with Crippen LogP contribution >= 0.6 is 11.8 Å². The SMILES string of the molecule is CCOc1cc(C=C2SC(=O)NC2=O)ccc1Oc1ccc(C(N)=O)cc1C(F)(F)F. The number of thioether (sulfide) groups is 1. The average Bonchev–Trinajstić information content (AvgIpc) is 3.00. The number of nitrogens with two attached hydrogens (primary N) is 1. The van der Waals surface area contributed by atoms with Crippen molar-refractivity contribution in [1.82, 2.24) is 5.32 Å². The predicted molar refractivity (Wildman–Crippen MR) is 107 cm³/mol. The Morgan fingerprint density at radius 3 is 2.42 bits per heavy atom. The molecule has 0 saturated carbocycles. The van der Waals surface area contributed by atoms with Crippen LogP contribution in [0.25, 0.3) is 6.08 Å². The Morgan fingerprint density at radius 1 is 1.13 bits per heavy atom. The molecule has 2 aromatic carbocycles. The van der Waals surface area contributed by atoms with Crippen LogP contribution in [0.1, 0.15) is 28.4 Å². The fourth-order valence-electron chi connectivity index (χ4n) is 2.65. The van der Waals surface area contributed by atoms with E-state index in [1.807, 2.05) is 0 Å². The summed E-state index contributed by atoms with van der Waals surface area (Å²) in [5, 5.41) is 1.63. The number of imide groups is 1. The van der Waals surface area contributed by atoms with Crippen LogP contribution in [0, 0.1) is 0 Å². The Hall–Kier alpha value is -3.47. The van der Waals surface area contributed by atoms with Crippen LogP contribution in [0.3, 0.4) is 0 Å². The summed E-state index contributed by atoms with van der Waals surface area (Å²) in [6.07, 6.45) is -3.35. The summed E-state index contributed by atoms with van der Waals surface area (Å²) in [4.78, 5) is 34.4. The molecule has 11 heteroatoms. The molecule has 31 heavy (non-hydrogen) atoms. The number of hydrogen-bond donors (Lipinski definition) is 2. The molecule has 1 fully saturated rings. The van der Waals surface area contributed by atoms with Crippen molar-refractivity contribution in [2.24, 2.45) is 5.73 Å². The van der Waals surface area contributed by atoms with E-state index in [-0.39, 0.29) is 28.6 Å². The molecule has 0 aliphatic carbocycles. The van der Waals surface area contributed by atoms with E-state index in [1.54, 1.807) is 6.92 Å². The van der Waals surface area contributed by atoms with Crippen LogP contribution in [0.15, 0.2) is 41.3 Å². The van der Waals surface area contributed by atoms with Gasteiger partial charge in [0.25, 0.3) is 11.1 Å². The van der Waals surface area contributed by atoms with Gasteiger partial charge in [0, 0.05) is 5.56 Å². The Kier molecular flexibility index (Phi) is 6.25. The highest BCUT2D eigenvalue weighted by Gasteiger charge is 2.35. The highest BCUT2D eigenvalue weighted by molar-refractivity contribution is 8.18. The fraction of sp³-hybridized carbons (Fsp3) is 0.150. The summed E-state index contributed by atoms with van der Waals surface area (Å²) in [5.74, 6) is -1.98.